The first-order valence-corrected chi connectivity index (χ1v) is 14.0. The van der Waals surface area contributed by atoms with E-state index in [-0.39, 0.29) is 0 Å². The van der Waals surface area contributed by atoms with Gasteiger partial charge in [0.05, 0.1) is 19.8 Å². The van der Waals surface area contributed by atoms with Crippen LogP contribution in [-0.2, 0) is 28.4 Å². The van der Waals surface area contributed by atoms with Gasteiger partial charge in [0.1, 0.15) is 67.1 Å². The second-order valence-corrected chi connectivity index (χ2v) is 10.5. The first-order chi connectivity index (χ1) is 19.1. The Morgan fingerprint density at radius 3 is 1.70 bits per heavy atom. The van der Waals surface area contributed by atoms with Crippen molar-refractivity contribution in [1.29, 1.82) is 0 Å². The van der Waals surface area contributed by atoms with Crippen molar-refractivity contribution in [3.8, 4) is 0 Å². The van der Waals surface area contributed by atoms with Crippen LogP contribution >= 0.6 is 0 Å². The minimum absolute atomic E-state index is 0.331. The topological polar surface area (TPSA) is 237 Å². The average Bonchev–Trinajstić information content (AvgIpc) is 3.22. The van der Waals surface area contributed by atoms with Crippen LogP contribution in [0.1, 0.15) is 45.4 Å². The van der Waals surface area contributed by atoms with Gasteiger partial charge < -0.3 is 74.4 Å². The van der Waals surface area contributed by atoms with Gasteiger partial charge in [-0.1, -0.05) is 39.0 Å². The highest BCUT2D eigenvalue weighted by atomic mass is 16.8. The summed E-state index contributed by atoms with van der Waals surface area (Å²) in [7, 11) is 0. The molecular formula is C25H46O15. The molecule has 0 aliphatic carbocycles. The maximum atomic E-state index is 10.7. The summed E-state index contributed by atoms with van der Waals surface area (Å²) in [5.74, 6) is 0. The molecule has 0 spiro atoms. The lowest BCUT2D eigenvalue weighted by Crippen LogP contribution is -2.64. The average molecular weight is 587 g/mol. The van der Waals surface area contributed by atoms with Crippen LogP contribution in [0, 0.1) is 0 Å². The van der Waals surface area contributed by atoms with Gasteiger partial charge in [-0.15, -0.1) is 0 Å². The van der Waals surface area contributed by atoms with E-state index in [1.54, 1.807) is 0 Å². The van der Waals surface area contributed by atoms with Gasteiger partial charge in [0.25, 0.3) is 0 Å². The maximum Gasteiger partial charge on any atom is 0.187 e. The van der Waals surface area contributed by atoms with Gasteiger partial charge in [0.15, 0.2) is 18.9 Å². The first kappa shape index (κ1) is 33.9. The third-order valence-corrected chi connectivity index (χ3v) is 7.49. The van der Waals surface area contributed by atoms with Gasteiger partial charge >= 0.3 is 0 Å². The number of hydrogen-bond acceptors (Lipinski definition) is 15. The molecule has 3 heterocycles. The Kier molecular flexibility index (Phi) is 13.8. The fourth-order valence-corrected chi connectivity index (χ4v) is 4.93. The van der Waals surface area contributed by atoms with Crippen molar-refractivity contribution in [2.45, 2.75) is 131 Å². The van der Waals surface area contributed by atoms with Crippen molar-refractivity contribution in [1.82, 2.24) is 0 Å². The van der Waals surface area contributed by atoms with E-state index in [1.165, 1.54) is 6.42 Å². The van der Waals surface area contributed by atoms with Crippen LogP contribution in [0.25, 0.3) is 0 Å². The molecule has 0 aromatic rings. The van der Waals surface area contributed by atoms with E-state index in [1.807, 2.05) is 0 Å². The summed E-state index contributed by atoms with van der Waals surface area (Å²) in [5.41, 5.74) is 0. The van der Waals surface area contributed by atoms with Crippen molar-refractivity contribution >= 4 is 0 Å². The number of aliphatic hydroxyl groups is 9. The Labute approximate surface area is 232 Å². The van der Waals surface area contributed by atoms with Crippen molar-refractivity contribution in [2.24, 2.45) is 0 Å². The monoisotopic (exact) mass is 586 g/mol. The van der Waals surface area contributed by atoms with Crippen LogP contribution in [0.5, 0.6) is 0 Å². The van der Waals surface area contributed by atoms with Gasteiger partial charge in [0, 0.05) is 6.61 Å². The van der Waals surface area contributed by atoms with Gasteiger partial charge in [-0.3, -0.25) is 0 Å². The molecule has 0 aromatic carbocycles. The molecule has 9 N–H and O–H groups in total. The third kappa shape index (κ3) is 8.27. The van der Waals surface area contributed by atoms with Crippen LogP contribution in [0.15, 0.2) is 0 Å². The van der Waals surface area contributed by atoms with Gasteiger partial charge in [-0.05, 0) is 6.42 Å². The molecule has 3 fully saturated rings. The van der Waals surface area contributed by atoms with Crippen molar-refractivity contribution in [3.05, 3.63) is 0 Å². The summed E-state index contributed by atoms with van der Waals surface area (Å²) >= 11 is 0. The summed E-state index contributed by atoms with van der Waals surface area (Å²) < 4.78 is 33.3. The summed E-state index contributed by atoms with van der Waals surface area (Å²) in [4.78, 5) is 0. The largest absolute Gasteiger partial charge is 0.394 e. The fraction of sp³-hybridized carbons (Fsp3) is 1.00. The second-order valence-electron chi connectivity index (χ2n) is 10.5. The molecule has 0 aromatic heterocycles. The molecule has 3 rings (SSSR count). The molecule has 14 atom stereocenters. The summed E-state index contributed by atoms with van der Waals surface area (Å²) in [5, 5.41) is 91.2. The minimum Gasteiger partial charge on any atom is -0.394 e. The Hall–Kier alpha value is -0.600. The Morgan fingerprint density at radius 1 is 0.525 bits per heavy atom. The molecule has 40 heavy (non-hydrogen) atoms. The van der Waals surface area contributed by atoms with Crippen LogP contribution in [0.2, 0.25) is 0 Å². The van der Waals surface area contributed by atoms with E-state index >= 15 is 0 Å². The van der Waals surface area contributed by atoms with E-state index in [0.717, 1.165) is 32.1 Å². The summed E-state index contributed by atoms with van der Waals surface area (Å²) in [6.07, 6.45) is -14.6. The Morgan fingerprint density at radius 2 is 1.05 bits per heavy atom. The number of rotatable bonds is 15. The van der Waals surface area contributed by atoms with Crippen LogP contribution in [0.3, 0.4) is 0 Å². The molecule has 0 unspecified atom stereocenters. The smallest absolute Gasteiger partial charge is 0.187 e. The molecule has 3 aliphatic heterocycles. The van der Waals surface area contributed by atoms with Crippen LogP contribution in [-0.4, -0.2) is 158 Å². The highest BCUT2D eigenvalue weighted by Crippen LogP contribution is 2.31. The zero-order valence-electron chi connectivity index (χ0n) is 22.6. The lowest BCUT2D eigenvalue weighted by molar-refractivity contribution is -0.369. The SMILES string of the molecule is CCCCCCCCO[C@@H]1O[C@H](CO[C@H]2O[C@H](CO)[C@@H](O)[C@H](O)[C@@H]2O[C@H]2O[C@H](CO)[C@@H](O)[C@H](O)[C@@H]2O)[C@@H](O)[C@@H]1O. The molecule has 236 valence electrons. The number of unbranched alkanes of at least 4 members (excludes halogenated alkanes) is 5. The van der Waals surface area contributed by atoms with Crippen LogP contribution in [0.4, 0.5) is 0 Å². The molecule has 0 radical (unpaired) electrons. The van der Waals surface area contributed by atoms with E-state index in [2.05, 4.69) is 6.92 Å². The molecule has 0 saturated carbocycles. The Bertz CT molecular complexity index is 716. The highest BCUT2D eigenvalue weighted by molar-refractivity contribution is 4.94. The molecule has 0 bridgehead atoms. The molecular weight excluding hydrogens is 540 g/mol. The molecule has 15 heteroatoms. The van der Waals surface area contributed by atoms with E-state index in [0.29, 0.717) is 6.61 Å². The normalized spacial score (nSPS) is 44.2. The first-order valence-electron chi connectivity index (χ1n) is 14.0. The summed E-state index contributed by atoms with van der Waals surface area (Å²) in [6, 6.07) is 0. The number of aliphatic hydroxyl groups excluding tert-OH is 9. The van der Waals surface area contributed by atoms with E-state index in [4.69, 9.17) is 28.4 Å². The number of ether oxygens (including phenoxy) is 6. The molecule has 3 aliphatic rings. The lowest BCUT2D eigenvalue weighted by Gasteiger charge is -2.46. The predicted molar refractivity (Wildman–Crippen MR) is 132 cm³/mol. The highest BCUT2D eigenvalue weighted by Gasteiger charge is 2.51. The van der Waals surface area contributed by atoms with E-state index in [9.17, 15) is 46.0 Å². The van der Waals surface area contributed by atoms with Gasteiger partial charge in [-0.2, -0.15) is 0 Å². The van der Waals surface area contributed by atoms with Crippen molar-refractivity contribution < 1.29 is 74.4 Å². The molecule has 15 nitrogen and oxygen atoms in total. The molecule has 3 saturated heterocycles. The summed E-state index contributed by atoms with van der Waals surface area (Å²) in [6.45, 7) is 0.662. The van der Waals surface area contributed by atoms with Crippen molar-refractivity contribution in [3.63, 3.8) is 0 Å². The quantitative estimate of drug-likeness (QED) is 0.0845. The van der Waals surface area contributed by atoms with Crippen LogP contribution < -0.4 is 0 Å². The predicted octanol–water partition coefficient (Wildman–Crippen LogP) is -3.55. The second kappa shape index (κ2) is 16.3. The minimum atomic E-state index is -1.81. The van der Waals surface area contributed by atoms with E-state index < -0.39 is 106 Å². The zero-order valence-corrected chi connectivity index (χ0v) is 22.6. The van der Waals surface area contributed by atoms with Gasteiger partial charge in [0.2, 0.25) is 0 Å². The van der Waals surface area contributed by atoms with Crippen molar-refractivity contribution in [2.75, 3.05) is 26.4 Å². The maximum absolute atomic E-state index is 10.7. The number of hydrogen-bond donors (Lipinski definition) is 9. The lowest BCUT2D eigenvalue weighted by atomic mass is 9.97. The molecule has 0 amide bonds. The van der Waals surface area contributed by atoms with Gasteiger partial charge in [-0.25, -0.2) is 0 Å². The standard InChI is InChI=1S/C25H46O15/c1-2-3-4-5-6-7-8-35-23-20(33)17(30)14(39-23)11-36-25-22(19(32)16(29)13(10-27)38-25)40-24-21(34)18(31)15(28)12(9-26)37-24/h12-34H,2-11H2,1H3/t12-,13-,14-,15-,16-,17-,18+,19+,20+,21+,22+,23-,24-,25+/m1/s1. The Balaban J connectivity index is 1.58. The fourth-order valence-electron chi connectivity index (χ4n) is 4.93. The zero-order chi connectivity index (χ0) is 29.4. The third-order valence-electron chi connectivity index (χ3n) is 7.49.